The van der Waals surface area contributed by atoms with E-state index in [0.29, 0.717) is 15.8 Å². The zero-order valence-corrected chi connectivity index (χ0v) is 19.8. The Morgan fingerprint density at radius 2 is 1.84 bits per heavy atom. The van der Waals surface area contributed by atoms with Crippen molar-refractivity contribution in [3.63, 3.8) is 0 Å². The first-order valence-electron chi connectivity index (χ1n) is 9.45. The number of rotatable bonds is 4. The first-order chi connectivity index (χ1) is 14.9. The maximum absolute atomic E-state index is 13.4. The van der Waals surface area contributed by atoms with Crippen LogP contribution in [0.4, 0.5) is 0 Å². The predicted octanol–water partition coefficient (Wildman–Crippen LogP) is 4.65. The fourth-order valence-electron chi connectivity index (χ4n) is 3.43. The van der Waals surface area contributed by atoms with Crippen LogP contribution in [-0.4, -0.2) is 34.2 Å². The first kappa shape index (κ1) is 20.1. The van der Waals surface area contributed by atoms with E-state index in [1.165, 1.54) is 15.7 Å². The molecule has 0 N–H and O–H groups in total. The Bertz CT molecular complexity index is 1530. The number of halogens is 1. The number of carbonyl (C=O) groups excluding carboxylic acids is 1. The van der Waals surface area contributed by atoms with Gasteiger partial charge in [-0.3, -0.25) is 14.0 Å². The molecule has 154 valence electrons. The number of aromatic nitrogens is 2. The third kappa shape index (κ3) is 3.50. The summed E-state index contributed by atoms with van der Waals surface area (Å²) in [5, 5.41) is 0.797. The minimum atomic E-state index is -0.193. The molecule has 0 fully saturated rings. The maximum atomic E-state index is 13.4. The number of para-hydroxylation sites is 1. The van der Waals surface area contributed by atoms with Gasteiger partial charge in [-0.2, -0.15) is 0 Å². The number of carbonyl (C=O) groups is 1. The van der Waals surface area contributed by atoms with Gasteiger partial charge in [0.2, 0.25) is 5.78 Å². The van der Waals surface area contributed by atoms with Gasteiger partial charge in [-0.1, -0.05) is 28.1 Å². The van der Waals surface area contributed by atoms with Gasteiger partial charge in [-0.05, 0) is 42.5 Å². The molecule has 0 saturated heterocycles. The number of fused-ring (bicyclic) bond motifs is 2. The van der Waals surface area contributed by atoms with E-state index in [1.54, 1.807) is 35.7 Å². The van der Waals surface area contributed by atoms with Crippen LogP contribution >= 0.6 is 38.6 Å². The van der Waals surface area contributed by atoms with Gasteiger partial charge >= 0.3 is 0 Å². The van der Waals surface area contributed by atoms with Crippen LogP contribution in [0.1, 0.15) is 16.1 Å². The Morgan fingerprint density at radius 3 is 2.55 bits per heavy atom. The summed E-state index contributed by atoms with van der Waals surface area (Å²) >= 11 is 6.34. The van der Waals surface area contributed by atoms with Crippen molar-refractivity contribution in [2.75, 3.05) is 14.1 Å². The average Bonchev–Trinajstić information content (AvgIpc) is 3.41. The molecule has 5 aromatic rings. The van der Waals surface area contributed by atoms with Gasteiger partial charge in [-0.15, -0.1) is 22.7 Å². The molecule has 0 aliphatic rings. The van der Waals surface area contributed by atoms with Crippen molar-refractivity contribution in [1.82, 2.24) is 14.3 Å². The third-order valence-electron chi connectivity index (χ3n) is 4.81. The highest BCUT2D eigenvalue weighted by Gasteiger charge is 2.23. The summed E-state index contributed by atoms with van der Waals surface area (Å²) < 4.78 is 4.07. The van der Waals surface area contributed by atoms with Gasteiger partial charge in [-0.25, -0.2) is 4.98 Å². The molecule has 0 atom stereocenters. The second kappa shape index (κ2) is 7.71. The van der Waals surface area contributed by atoms with E-state index in [2.05, 4.69) is 15.9 Å². The number of hydrogen-bond acceptors (Lipinski definition) is 6. The summed E-state index contributed by atoms with van der Waals surface area (Å²) in [7, 11) is 3.74. The molecule has 0 aliphatic carbocycles. The SMILES string of the molecule is CN(C)C=c1sc2c(-c3nc4ccccc4s3)cc(C(=O)c3ccc(Br)cc3)n2c1=O. The van der Waals surface area contributed by atoms with E-state index in [9.17, 15) is 9.59 Å². The highest BCUT2D eigenvalue weighted by molar-refractivity contribution is 9.10. The van der Waals surface area contributed by atoms with Gasteiger partial charge in [0.15, 0.2) is 0 Å². The molecule has 3 heterocycles. The molecule has 0 aliphatic heterocycles. The molecular formula is C23H16BrN3O2S2. The maximum Gasteiger partial charge on any atom is 0.275 e. The Morgan fingerprint density at radius 1 is 1.10 bits per heavy atom. The van der Waals surface area contributed by atoms with E-state index >= 15 is 0 Å². The topological polar surface area (TPSA) is 54.7 Å². The van der Waals surface area contributed by atoms with E-state index in [1.807, 2.05) is 55.4 Å². The molecule has 3 aromatic heterocycles. The van der Waals surface area contributed by atoms with Crippen LogP contribution < -0.4 is 10.1 Å². The number of benzene rings is 2. The number of ketones is 1. The highest BCUT2D eigenvalue weighted by atomic mass is 79.9. The molecule has 0 amide bonds. The van der Waals surface area contributed by atoms with Crippen molar-refractivity contribution >= 4 is 65.6 Å². The van der Waals surface area contributed by atoms with Crippen LogP contribution in [0.15, 0.2) is 63.9 Å². The van der Waals surface area contributed by atoms with Crippen molar-refractivity contribution in [2.24, 2.45) is 0 Å². The van der Waals surface area contributed by atoms with Crippen molar-refractivity contribution in [1.29, 1.82) is 0 Å². The van der Waals surface area contributed by atoms with Gasteiger partial charge in [0.1, 0.15) is 14.4 Å². The zero-order valence-electron chi connectivity index (χ0n) is 16.6. The Hall–Kier alpha value is -2.81. The Balaban J connectivity index is 1.79. The molecule has 0 spiro atoms. The molecule has 5 rings (SSSR count). The predicted molar refractivity (Wildman–Crippen MR) is 131 cm³/mol. The van der Waals surface area contributed by atoms with Crippen molar-refractivity contribution < 1.29 is 4.79 Å². The normalized spacial score (nSPS) is 12.2. The van der Waals surface area contributed by atoms with Crippen LogP contribution in [0.3, 0.4) is 0 Å². The van der Waals surface area contributed by atoms with Crippen LogP contribution in [0.25, 0.3) is 31.8 Å². The largest absolute Gasteiger partial charge is 0.382 e. The summed E-state index contributed by atoms with van der Waals surface area (Å²) in [4.78, 5) is 33.9. The molecule has 0 bridgehead atoms. The molecule has 5 nitrogen and oxygen atoms in total. The van der Waals surface area contributed by atoms with E-state index in [-0.39, 0.29) is 11.3 Å². The monoisotopic (exact) mass is 509 g/mol. The molecule has 0 unspecified atom stereocenters. The molecular weight excluding hydrogens is 494 g/mol. The summed E-state index contributed by atoms with van der Waals surface area (Å²) in [5.41, 5.74) is 2.40. The Labute approximate surface area is 194 Å². The Kier molecular flexibility index (Phi) is 5.00. The lowest BCUT2D eigenvalue weighted by molar-refractivity contribution is 0.103. The summed E-state index contributed by atoms with van der Waals surface area (Å²) in [6, 6.07) is 16.9. The molecule has 8 heteroatoms. The summed E-state index contributed by atoms with van der Waals surface area (Å²) in [5.74, 6) is -0.193. The van der Waals surface area contributed by atoms with Crippen LogP contribution in [0.2, 0.25) is 0 Å². The van der Waals surface area contributed by atoms with Gasteiger partial charge in [0.25, 0.3) is 5.56 Å². The lowest BCUT2D eigenvalue weighted by atomic mass is 10.1. The van der Waals surface area contributed by atoms with Crippen LogP contribution in [0, 0.1) is 0 Å². The van der Waals surface area contributed by atoms with Gasteiger partial charge < -0.3 is 4.90 Å². The van der Waals surface area contributed by atoms with Gasteiger partial charge in [0, 0.05) is 35.9 Å². The molecule has 0 radical (unpaired) electrons. The minimum absolute atomic E-state index is 0.193. The second-order valence-corrected chi connectivity index (χ2v) is 10.2. The molecule has 2 aromatic carbocycles. The standard InChI is InChI=1S/C23H16BrN3O2S2/c1-26(2)12-19-22(29)27-17(20(28)13-7-9-14(24)10-8-13)11-15(23(27)31-19)21-25-16-5-3-4-6-18(16)30-21/h3-12H,1-2H3. The quantitative estimate of drug-likeness (QED) is 0.331. The van der Waals surface area contributed by atoms with E-state index in [4.69, 9.17) is 4.98 Å². The van der Waals surface area contributed by atoms with Crippen molar-refractivity contribution in [2.45, 2.75) is 0 Å². The average molecular weight is 510 g/mol. The fourth-order valence-corrected chi connectivity index (χ4v) is 5.93. The minimum Gasteiger partial charge on any atom is -0.382 e. The molecule has 0 saturated carbocycles. The lowest BCUT2D eigenvalue weighted by Gasteiger charge is -2.01. The number of nitrogens with zero attached hydrogens (tertiary/aromatic N) is 3. The summed E-state index contributed by atoms with van der Waals surface area (Å²) in [6.45, 7) is 0. The fraction of sp³-hybridized carbons (Fsp3) is 0.0870. The number of hydrogen-bond donors (Lipinski definition) is 0. The first-order valence-corrected chi connectivity index (χ1v) is 11.9. The van der Waals surface area contributed by atoms with E-state index in [0.717, 1.165) is 30.1 Å². The lowest BCUT2D eigenvalue weighted by Crippen LogP contribution is -2.27. The smallest absolute Gasteiger partial charge is 0.275 e. The van der Waals surface area contributed by atoms with Crippen LogP contribution in [0.5, 0.6) is 0 Å². The highest BCUT2D eigenvalue weighted by Crippen LogP contribution is 2.35. The second-order valence-electron chi connectivity index (χ2n) is 7.27. The van der Waals surface area contributed by atoms with Crippen molar-refractivity contribution in [3.05, 3.63) is 85.2 Å². The third-order valence-corrected chi connectivity index (χ3v) is 7.51. The van der Waals surface area contributed by atoms with Crippen molar-refractivity contribution in [3.8, 4) is 10.6 Å². The summed E-state index contributed by atoms with van der Waals surface area (Å²) in [6.07, 6.45) is 1.79. The molecule has 31 heavy (non-hydrogen) atoms. The van der Waals surface area contributed by atoms with Gasteiger partial charge in [0.05, 0.1) is 15.9 Å². The van der Waals surface area contributed by atoms with E-state index < -0.39 is 0 Å². The zero-order chi connectivity index (χ0) is 21.7. The number of thiazole rings is 2. The van der Waals surface area contributed by atoms with Crippen LogP contribution in [-0.2, 0) is 0 Å².